The lowest BCUT2D eigenvalue weighted by molar-refractivity contribution is -0.133. The first-order valence-corrected chi connectivity index (χ1v) is 5.41. The molecule has 5 heteroatoms. The van der Waals surface area contributed by atoms with Gasteiger partial charge in [0.25, 0.3) is 0 Å². The first kappa shape index (κ1) is 12.0. The van der Waals surface area contributed by atoms with Crippen LogP contribution in [0.15, 0.2) is 45.4 Å². The summed E-state index contributed by atoms with van der Waals surface area (Å²) in [7, 11) is 0. The van der Waals surface area contributed by atoms with Gasteiger partial charge in [-0.3, -0.25) is 0 Å². The van der Waals surface area contributed by atoms with Crippen LogP contribution in [0.3, 0.4) is 0 Å². The molecule has 0 bridgehead atoms. The maximum atomic E-state index is 11.4. The third-order valence-corrected chi connectivity index (χ3v) is 2.94. The van der Waals surface area contributed by atoms with E-state index in [1.807, 2.05) is 0 Å². The summed E-state index contributed by atoms with van der Waals surface area (Å²) < 4.78 is 5.27. The summed E-state index contributed by atoms with van der Waals surface area (Å²) in [6.07, 6.45) is 1.47. The number of carboxylic acid groups (broad SMARTS) is 1. The van der Waals surface area contributed by atoms with Crippen LogP contribution in [-0.2, 0) is 4.79 Å². The number of carboxylic acids is 1. The Hall–Kier alpha value is -2.48. The zero-order valence-electron chi connectivity index (χ0n) is 10.0. The first-order chi connectivity index (χ1) is 8.56. The number of allylic oxidation sites excluding steroid dienone is 3. The number of hydrogen-bond donors (Lipinski definition) is 2. The van der Waals surface area contributed by atoms with Crippen molar-refractivity contribution in [3.05, 3.63) is 46.7 Å². The van der Waals surface area contributed by atoms with E-state index >= 15 is 0 Å². The Morgan fingerprint density at radius 2 is 2.22 bits per heavy atom. The molecule has 5 nitrogen and oxygen atoms in total. The summed E-state index contributed by atoms with van der Waals surface area (Å²) in [4.78, 5) is 11.4. The summed E-state index contributed by atoms with van der Waals surface area (Å²) in [5.41, 5.74) is 1.70. The minimum Gasteiger partial charge on any atom is -0.478 e. The van der Waals surface area contributed by atoms with E-state index < -0.39 is 11.9 Å². The second-order valence-corrected chi connectivity index (χ2v) is 4.07. The highest BCUT2D eigenvalue weighted by molar-refractivity contribution is 5.91. The van der Waals surface area contributed by atoms with Crippen molar-refractivity contribution in [2.75, 3.05) is 0 Å². The number of hydrogen-bond acceptors (Lipinski definition) is 4. The van der Waals surface area contributed by atoms with Crippen LogP contribution in [0.2, 0.25) is 0 Å². The molecule has 1 aliphatic rings. The fourth-order valence-corrected chi connectivity index (χ4v) is 2.17. The van der Waals surface area contributed by atoms with E-state index in [0.29, 0.717) is 22.7 Å². The molecule has 1 unspecified atom stereocenters. The molecule has 1 aromatic rings. The molecule has 1 atom stereocenters. The average molecular weight is 244 g/mol. The van der Waals surface area contributed by atoms with E-state index in [9.17, 15) is 15.2 Å². The van der Waals surface area contributed by atoms with Crippen molar-refractivity contribution < 1.29 is 14.3 Å². The lowest BCUT2D eigenvalue weighted by atomic mass is 9.84. The van der Waals surface area contributed by atoms with Gasteiger partial charge in [0.2, 0.25) is 0 Å². The van der Waals surface area contributed by atoms with Crippen LogP contribution in [0.25, 0.3) is 0 Å². The number of aliphatic carboxylic acids is 1. The Balaban J connectivity index is 2.63. The molecule has 2 N–H and O–H groups in total. The van der Waals surface area contributed by atoms with Gasteiger partial charge in [-0.2, -0.15) is 5.26 Å². The largest absolute Gasteiger partial charge is 0.478 e. The highest BCUT2D eigenvalue weighted by Crippen LogP contribution is 2.37. The number of rotatable bonds is 2. The number of dihydropyridines is 1. The molecule has 0 fully saturated rings. The Morgan fingerprint density at radius 3 is 2.72 bits per heavy atom. The third kappa shape index (κ3) is 1.78. The van der Waals surface area contributed by atoms with Crippen LogP contribution in [0.5, 0.6) is 0 Å². The van der Waals surface area contributed by atoms with Crippen molar-refractivity contribution in [1.82, 2.24) is 5.32 Å². The van der Waals surface area contributed by atoms with Gasteiger partial charge in [0, 0.05) is 11.4 Å². The predicted molar refractivity (Wildman–Crippen MR) is 63.2 cm³/mol. The van der Waals surface area contributed by atoms with Crippen LogP contribution in [0, 0.1) is 11.3 Å². The molecule has 2 heterocycles. The van der Waals surface area contributed by atoms with Gasteiger partial charge in [-0.15, -0.1) is 0 Å². The SMILES string of the molecule is CC1=C(C#N)C(c2ccco2)C(C(=O)O)=C(C)N1. The fraction of sp³-hybridized carbons (Fsp3) is 0.231. The average Bonchev–Trinajstić information content (AvgIpc) is 2.80. The quantitative estimate of drug-likeness (QED) is 0.832. The second kappa shape index (κ2) is 4.41. The standard InChI is InChI=1S/C13H12N2O3/c1-7-9(6-14)12(10-4-3-5-18-10)11(13(16)17)8(2)15-7/h3-5,12,15H,1-2H3,(H,16,17). The predicted octanol–water partition coefficient (Wildman–Crippen LogP) is 2.12. The van der Waals surface area contributed by atoms with Crippen molar-refractivity contribution >= 4 is 5.97 Å². The Morgan fingerprint density at radius 1 is 1.50 bits per heavy atom. The van der Waals surface area contributed by atoms with Crippen LogP contribution in [0.1, 0.15) is 25.5 Å². The summed E-state index contributed by atoms with van der Waals surface area (Å²) in [6, 6.07) is 5.41. The van der Waals surface area contributed by atoms with Gasteiger partial charge in [0.05, 0.1) is 29.4 Å². The maximum Gasteiger partial charge on any atom is 0.334 e. The molecule has 0 radical (unpaired) electrons. The summed E-state index contributed by atoms with van der Waals surface area (Å²) in [5.74, 6) is -1.24. The van der Waals surface area contributed by atoms with Crippen molar-refractivity contribution in [2.45, 2.75) is 19.8 Å². The van der Waals surface area contributed by atoms with Gasteiger partial charge >= 0.3 is 5.97 Å². The van der Waals surface area contributed by atoms with E-state index in [0.717, 1.165) is 0 Å². The molecule has 1 aromatic heterocycles. The normalized spacial score (nSPS) is 19.5. The monoisotopic (exact) mass is 244 g/mol. The third-order valence-electron chi connectivity index (χ3n) is 2.94. The number of furan rings is 1. The maximum absolute atomic E-state index is 11.4. The molecule has 0 saturated carbocycles. The summed E-state index contributed by atoms with van der Waals surface area (Å²) in [5, 5.41) is 21.4. The topological polar surface area (TPSA) is 86.3 Å². The molecule has 0 spiro atoms. The lowest BCUT2D eigenvalue weighted by Gasteiger charge is -2.25. The smallest absolute Gasteiger partial charge is 0.334 e. The van der Waals surface area contributed by atoms with Gasteiger partial charge < -0.3 is 14.8 Å². The molecule has 0 saturated heterocycles. The van der Waals surface area contributed by atoms with E-state index in [1.54, 1.807) is 26.0 Å². The Kier molecular flexibility index (Phi) is 2.94. The summed E-state index contributed by atoms with van der Waals surface area (Å²) in [6.45, 7) is 3.42. The molecular formula is C13H12N2O3. The first-order valence-electron chi connectivity index (χ1n) is 5.41. The molecular weight excluding hydrogens is 232 g/mol. The van der Waals surface area contributed by atoms with Gasteiger partial charge in [0.1, 0.15) is 5.76 Å². The zero-order chi connectivity index (χ0) is 13.3. The number of nitriles is 1. The van der Waals surface area contributed by atoms with Crippen LogP contribution >= 0.6 is 0 Å². The number of carbonyl (C=O) groups is 1. The van der Waals surface area contributed by atoms with E-state index in [4.69, 9.17) is 4.42 Å². The van der Waals surface area contributed by atoms with Crippen molar-refractivity contribution in [2.24, 2.45) is 0 Å². The Labute approximate surface area is 104 Å². The number of nitrogens with one attached hydrogen (secondary N) is 1. The van der Waals surface area contributed by atoms with Gasteiger partial charge in [-0.25, -0.2) is 4.79 Å². The molecule has 2 rings (SSSR count). The highest BCUT2D eigenvalue weighted by Gasteiger charge is 2.34. The van der Waals surface area contributed by atoms with Crippen molar-refractivity contribution in [1.29, 1.82) is 5.26 Å². The molecule has 1 aliphatic heterocycles. The molecule has 92 valence electrons. The molecule has 0 amide bonds. The van der Waals surface area contributed by atoms with E-state index in [2.05, 4.69) is 11.4 Å². The highest BCUT2D eigenvalue weighted by atomic mass is 16.4. The second-order valence-electron chi connectivity index (χ2n) is 4.07. The van der Waals surface area contributed by atoms with Crippen molar-refractivity contribution in [3.8, 4) is 6.07 Å². The summed E-state index contributed by atoms with van der Waals surface area (Å²) >= 11 is 0. The van der Waals surface area contributed by atoms with Crippen LogP contribution in [-0.4, -0.2) is 11.1 Å². The zero-order valence-corrected chi connectivity index (χ0v) is 10.0. The molecule has 0 aliphatic carbocycles. The Bertz CT molecular complexity index is 588. The van der Waals surface area contributed by atoms with E-state index in [-0.39, 0.29) is 5.57 Å². The lowest BCUT2D eigenvalue weighted by Crippen LogP contribution is -2.27. The number of nitrogens with zero attached hydrogens (tertiary/aromatic N) is 1. The van der Waals surface area contributed by atoms with Gasteiger partial charge in [0.15, 0.2) is 0 Å². The van der Waals surface area contributed by atoms with Crippen LogP contribution < -0.4 is 5.32 Å². The van der Waals surface area contributed by atoms with Gasteiger partial charge in [-0.1, -0.05) is 0 Å². The minimum atomic E-state index is -1.05. The van der Waals surface area contributed by atoms with Crippen LogP contribution in [0.4, 0.5) is 0 Å². The fourth-order valence-electron chi connectivity index (χ4n) is 2.17. The van der Waals surface area contributed by atoms with Gasteiger partial charge in [-0.05, 0) is 26.0 Å². The molecule has 0 aromatic carbocycles. The van der Waals surface area contributed by atoms with E-state index in [1.165, 1.54) is 6.26 Å². The minimum absolute atomic E-state index is 0.145. The van der Waals surface area contributed by atoms with Crippen molar-refractivity contribution in [3.63, 3.8) is 0 Å². The molecule has 18 heavy (non-hydrogen) atoms.